The molecule has 176 valence electrons. The third-order valence-electron chi connectivity index (χ3n) is 6.04. The molecule has 1 saturated carbocycles. The van der Waals surface area contributed by atoms with Crippen LogP contribution in [0.5, 0.6) is 0 Å². The lowest BCUT2D eigenvalue weighted by molar-refractivity contribution is -0.116. The average molecular weight is 443 g/mol. The molecule has 0 radical (unpaired) electrons. The second-order valence-corrected chi connectivity index (χ2v) is 10.4. The average Bonchev–Trinajstić information content (AvgIpc) is 3.42. The molecule has 1 aromatic rings. The van der Waals surface area contributed by atoms with Crippen LogP contribution in [0.15, 0.2) is 36.4 Å². The summed E-state index contributed by atoms with van der Waals surface area (Å²) in [5.74, 6) is 0.0618. The predicted molar refractivity (Wildman–Crippen MR) is 127 cm³/mol. The van der Waals surface area contributed by atoms with Crippen molar-refractivity contribution in [2.24, 2.45) is 0 Å². The quantitative estimate of drug-likeness (QED) is 0.544. The van der Waals surface area contributed by atoms with Crippen molar-refractivity contribution in [3.63, 3.8) is 0 Å². The highest BCUT2D eigenvalue weighted by Crippen LogP contribution is 2.50. The molecule has 0 spiro atoms. The number of benzene rings is 1. The van der Waals surface area contributed by atoms with Crippen molar-refractivity contribution in [1.82, 2.24) is 4.90 Å². The first-order valence-electron chi connectivity index (χ1n) is 11.7. The molecule has 1 atom stereocenters. The Morgan fingerprint density at radius 1 is 1.22 bits per heavy atom. The number of amides is 2. The van der Waals surface area contributed by atoms with E-state index in [9.17, 15) is 9.59 Å². The summed E-state index contributed by atoms with van der Waals surface area (Å²) in [6.07, 6.45) is 8.54. The number of unbranched alkanes of at least 4 members (excludes halogenated alkanes) is 1. The zero-order valence-corrected chi connectivity index (χ0v) is 20.4. The van der Waals surface area contributed by atoms with Crippen molar-refractivity contribution >= 4 is 17.7 Å². The smallest absolute Gasteiger partial charge is 0.413 e. The van der Waals surface area contributed by atoms with E-state index in [0.29, 0.717) is 13.0 Å². The number of anilines is 1. The van der Waals surface area contributed by atoms with Gasteiger partial charge in [0.25, 0.3) is 0 Å². The van der Waals surface area contributed by atoms with E-state index in [1.807, 2.05) is 46.8 Å². The third kappa shape index (κ3) is 5.91. The first-order valence-corrected chi connectivity index (χ1v) is 11.7. The van der Waals surface area contributed by atoms with Gasteiger partial charge in [0.05, 0.1) is 12.6 Å². The number of allylic oxidation sites excluding steroid dienone is 1. The van der Waals surface area contributed by atoms with E-state index < -0.39 is 11.3 Å². The van der Waals surface area contributed by atoms with Crippen molar-refractivity contribution in [2.75, 3.05) is 11.9 Å². The van der Waals surface area contributed by atoms with E-state index in [1.54, 1.807) is 4.90 Å². The van der Waals surface area contributed by atoms with Crippen molar-refractivity contribution in [2.45, 2.75) is 96.4 Å². The van der Waals surface area contributed by atoms with E-state index in [-0.39, 0.29) is 23.5 Å². The lowest BCUT2D eigenvalue weighted by Crippen LogP contribution is -2.49. The maximum Gasteiger partial charge on any atom is 0.413 e. The Balaban J connectivity index is 1.68. The van der Waals surface area contributed by atoms with Crippen LogP contribution in [0.2, 0.25) is 0 Å². The van der Waals surface area contributed by atoms with Crippen molar-refractivity contribution < 1.29 is 19.1 Å². The molecule has 0 aromatic heterocycles. The summed E-state index contributed by atoms with van der Waals surface area (Å²) in [6.45, 7) is 11.9. The third-order valence-corrected chi connectivity index (χ3v) is 6.04. The van der Waals surface area contributed by atoms with Gasteiger partial charge < -0.3 is 14.8 Å². The monoisotopic (exact) mass is 442 g/mol. The zero-order chi connectivity index (χ0) is 23.6. The Labute approximate surface area is 192 Å². The van der Waals surface area contributed by atoms with E-state index in [2.05, 4.69) is 36.5 Å². The van der Waals surface area contributed by atoms with Crippen LogP contribution in [-0.2, 0) is 19.7 Å². The lowest BCUT2D eigenvalue weighted by atomic mass is 9.94. The maximum absolute atomic E-state index is 12.8. The van der Waals surface area contributed by atoms with Crippen LogP contribution in [0.3, 0.4) is 0 Å². The molecule has 2 amide bonds. The van der Waals surface area contributed by atoms with Crippen LogP contribution >= 0.6 is 0 Å². The molecule has 2 aliphatic rings. The number of nitrogens with zero attached hydrogens (tertiary/aromatic N) is 1. The van der Waals surface area contributed by atoms with Crippen molar-refractivity contribution in [3.05, 3.63) is 42.0 Å². The highest BCUT2D eigenvalue weighted by molar-refractivity contribution is 5.90. The van der Waals surface area contributed by atoms with Crippen LogP contribution in [0.1, 0.15) is 79.2 Å². The summed E-state index contributed by atoms with van der Waals surface area (Å²) in [6, 6.07) is 7.96. The standard InChI is InChI=1S/C26H38N2O4/c1-7-8-9-22(29)27-20-12-10-19(11-13-20)26(16-17-26)15-14-21-18-31-25(5,6)28(21)23(30)32-24(2,3)4/h10-15,21H,7-9,16-18H2,1-6H3,(H,27,29)/b15-14+/t21-/m0/s1. The minimum atomic E-state index is -0.717. The van der Waals surface area contributed by atoms with Crippen LogP contribution in [0.4, 0.5) is 10.5 Å². The molecule has 0 unspecified atom stereocenters. The van der Waals surface area contributed by atoms with E-state index in [1.165, 1.54) is 5.56 Å². The van der Waals surface area contributed by atoms with Crippen LogP contribution < -0.4 is 5.32 Å². The summed E-state index contributed by atoms with van der Waals surface area (Å²) in [7, 11) is 0. The number of hydrogen-bond donors (Lipinski definition) is 1. The van der Waals surface area contributed by atoms with Crippen molar-refractivity contribution in [3.8, 4) is 0 Å². The molecule has 1 saturated heterocycles. The Morgan fingerprint density at radius 3 is 2.44 bits per heavy atom. The number of nitrogens with one attached hydrogen (secondary N) is 1. The fourth-order valence-corrected chi connectivity index (χ4v) is 4.07. The van der Waals surface area contributed by atoms with Gasteiger partial charge in [0.2, 0.25) is 5.91 Å². The topological polar surface area (TPSA) is 67.9 Å². The highest BCUT2D eigenvalue weighted by Gasteiger charge is 2.46. The molecule has 32 heavy (non-hydrogen) atoms. The molecule has 1 heterocycles. The van der Waals surface area contributed by atoms with Gasteiger partial charge in [0.1, 0.15) is 11.3 Å². The van der Waals surface area contributed by atoms with Gasteiger partial charge in [0.15, 0.2) is 0 Å². The number of ether oxygens (including phenoxy) is 2. The van der Waals surface area contributed by atoms with Crippen LogP contribution in [0, 0.1) is 0 Å². The number of hydrogen-bond acceptors (Lipinski definition) is 4. The SMILES string of the molecule is CCCCC(=O)Nc1ccc(C2(/C=C/[C@H]3COC(C)(C)N3C(=O)OC(C)(C)C)CC2)cc1. The van der Waals surface area contributed by atoms with Gasteiger partial charge in [-0.1, -0.05) is 37.6 Å². The Kier molecular flexibility index (Phi) is 7.03. The van der Waals surface area contributed by atoms with Crippen molar-refractivity contribution in [1.29, 1.82) is 0 Å². The molecule has 1 aliphatic heterocycles. The van der Waals surface area contributed by atoms with E-state index >= 15 is 0 Å². The van der Waals surface area contributed by atoms with Crippen LogP contribution in [0.25, 0.3) is 0 Å². The molecular formula is C26H38N2O4. The fraction of sp³-hybridized carbons (Fsp3) is 0.615. The number of rotatable bonds is 7. The minimum Gasteiger partial charge on any atom is -0.444 e. The van der Waals surface area contributed by atoms with Gasteiger partial charge in [-0.25, -0.2) is 4.79 Å². The molecular weight excluding hydrogens is 404 g/mol. The first-order chi connectivity index (χ1) is 15.0. The lowest BCUT2D eigenvalue weighted by Gasteiger charge is -2.34. The second kappa shape index (κ2) is 9.26. The van der Waals surface area contributed by atoms with Crippen LogP contribution in [-0.4, -0.2) is 40.9 Å². The molecule has 1 aromatic carbocycles. The molecule has 1 N–H and O–H groups in total. The summed E-state index contributed by atoms with van der Waals surface area (Å²) in [4.78, 5) is 26.5. The van der Waals surface area contributed by atoms with Gasteiger partial charge in [-0.15, -0.1) is 0 Å². The van der Waals surface area contributed by atoms with Gasteiger partial charge in [-0.3, -0.25) is 9.69 Å². The van der Waals surface area contributed by atoms with E-state index in [4.69, 9.17) is 9.47 Å². The molecule has 1 aliphatic carbocycles. The second-order valence-electron chi connectivity index (χ2n) is 10.4. The first kappa shape index (κ1) is 24.3. The molecule has 6 nitrogen and oxygen atoms in total. The molecule has 2 fully saturated rings. The Morgan fingerprint density at radius 2 is 1.88 bits per heavy atom. The van der Waals surface area contributed by atoms with Gasteiger partial charge in [-0.05, 0) is 71.6 Å². The summed E-state index contributed by atoms with van der Waals surface area (Å²) in [5.41, 5.74) is 0.761. The van der Waals surface area contributed by atoms with Gasteiger partial charge >= 0.3 is 6.09 Å². The molecule has 6 heteroatoms. The predicted octanol–water partition coefficient (Wildman–Crippen LogP) is 5.78. The Bertz CT molecular complexity index is 848. The number of carbonyl (C=O) groups is 2. The maximum atomic E-state index is 12.8. The zero-order valence-electron chi connectivity index (χ0n) is 20.4. The van der Waals surface area contributed by atoms with Gasteiger partial charge in [-0.2, -0.15) is 0 Å². The molecule has 0 bridgehead atoms. The number of carbonyl (C=O) groups excluding carboxylic acids is 2. The normalized spacial score (nSPS) is 21.6. The summed E-state index contributed by atoms with van der Waals surface area (Å²) >= 11 is 0. The van der Waals surface area contributed by atoms with Gasteiger partial charge in [0, 0.05) is 17.5 Å². The summed E-state index contributed by atoms with van der Waals surface area (Å²) in [5, 5.41) is 2.97. The summed E-state index contributed by atoms with van der Waals surface area (Å²) < 4.78 is 11.5. The minimum absolute atomic E-state index is 0.0168. The highest BCUT2D eigenvalue weighted by atomic mass is 16.6. The Hall–Kier alpha value is -2.34. The largest absolute Gasteiger partial charge is 0.444 e. The fourth-order valence-electron chi connectivity index (χ4n) is 4.07. The molecule has 3 rings (SSSR count). The van der Waals surface area contributed by atoms with E-state index in [0.717, 1.165) is 31.4 Å².